The molecule has 0 unspecified atom stereocenters. The number of hydrogen-bond donors (Lipinski definition) is 2. The minimum absolute atomic E-state index is 0.116. The summed E-state index contributed by atoms with van der Waals surface area (Å²) in [4.78, 5) is 11.5. The first-order valence-corrected chi connectivity index (χ1v) is 10.9. The Bertz CT molecular complexity index is 1200. The number of anilines is 1. The third-order valence-corrected chi connectivity index (χ3v) is 5.87. The van der Waals surface area contributed by atoms with Gasteiger partial charge < -0.3 is 14.6 Å². The molecule has 2 N–H and O–H groups in total. The second kappa shape index (κ2) is 9.59. The van der Waals surface area contributed by atoms with E-state index in [0.717, 1.165) is 11.1 Å². The Morgan fingerprint density at radius 1 is 1.13 bits per heavy atom. The van der Waals surface area contributed by atoms with Crippen LogP contribution in [0.25, 0.3) is 12.2 Å². The molecule has 1 amide bonds. The Morgan fingerprint density at radius 3 is 2.52 bits per heavy atom. The van der Waals surface area contributed by atoms with Gasteiger partial charge >= 0.3 is 0 Å². The number of aryl methyl sites for hydroxylation is 1. The molecule has 8 nitrogen and oxygen atoms in total. The average molecular weight is 442 g/mol. The summed E-state index contributed by atoms with van der Waals surface area (Å²) in [6.07, 6.45) is 3.40. The fourth-order valence-corrected chi connectivity index (χ4v) is 3.87. The first kappa shape index (κ1) is 22.3. The molecule has 0 aliphatic heterocycles. The minimum Gasteiger partial charge on any atom is -0.496 e. The van der Waals surface area contributed by atoms with E-state index in [1.165, 1.54) is 19.1 Å². The second-order valence-electron chi connectivity index (χ2n) is 6.73. The summed E-state index contributed by atoms with van der Waals surface area (Å²) in [5.41, 5.74) is 2.57. The van der Waals surface area contributed by atoms with Crippen molar-refractivity contribution in [3.8, 4) is 5.75 Å². The molecule has 162 valence electrons. The Balaban J connectivity index is 1.71. The van der Waals surface area contributed by atoms with E-state index in [-0.39, 0.29) is 17.3 Å². The van der Waals surface area contributed by atoms with Crippen LogP contribution in [0.4, 0.5) is 5.69 Å². The quantitative estimate of drug-likeness (QED) is 0.553. The molecule has 3 aromatic rings. The van der Waals surface area contributed by atoms with Crippen molar-refractivity contribution in [1.29, 1.82) is 0 Å². The van der Waals surface area contributed by atoms with E-state index < -0.39 is 10.0 Å². The van der Waals surface area contributed by atoms with Crippen molar-refractivity contribution in [3.05, 3.63) is 71.1 Å². The first-order valence-electron chi connectivity index (χ1n) is 9.43. The number of sulfonamides is 1. The van der Waals surface area contributed by atoms with Gasteiger partial charge in [0.1, 0.15) is 17.1 Å². The molecule has 0 aliphatic carbocycles. The lowest BCUT2D eigenvalue weighted by molar-refractivity contribution is -0.114. The van der Waals surface area contributed by atoms with Crippen LogP contribution in [0.3, 0.4) is 0 Å². The highest BCUT2D eigenvalue weighted by molar-refractivity contribution is 7.89. The summed E-state index contributed by atoms with van der Waals surface area (Å²) in [5, 5.41) is 6.53. The Labute approximate surface area is 181 Å². The van der Waals surface area contributed by atoms with Gasteiger partial charge in [0, 0.05) is 19.0 Å². The van der Waals surface area contributed by atoms with E-state index in [9.17, 15) is 13.2 Å². The van der Waals surface area contributed by atoms with Crippen molar-refractivity contribution < 1.29 is 22.5 Å². The monoisotopic (exact) mass is 441 g/mol. The SMILES string of the molecule is COc1ccccc1CNS(=O)(=O)c1ccc(C=Cc2onc(C)c2NC(C)=O)cc1. The van der Waals surface area contributed by atoms with Crippen molar-refractivity contribution in [1.82, 2.24) is 9.88 Å². The highest BCUT2D eigenvalue weighted by Crippen LogP contribution is 2.23. The molecule has 0 saturated heterocycles. The van der Waals surface area contributed by atoms with Crippen LogP contribution in [0.1, 0.15) is 29.5 Å². The van der Waals surface area contributed by atoms with Gasteiger partial charge in [0.15, 0.2) is 5.76 Å². The lowest BCUT2D eigenvalue weighted by atomic mass is 10.2. The van der Waals surface area contributed by atoms with Gasteiger partial charge in [-0.05, 0) is 36.8 Å². The van der Waals surface area contributed by atoms with Crippen LogP contribution in [0, 0.1) is 6.92 Å². The highest BCUT2D eigenvalue weighted by atomic mass is 32.2. The lowest BCUT2D eigenvalue weighted by Gasteiger charge is -2.10. The molecular weight excluding hydrogens is 418 g/mol. The second-order valence-corrected chi connectivity index (χ2v) is 8.49. The largest absolute Gasteiger partial charge is 0.496 e. The number of nitrogens with zero attached hydrogens (tertiary/aromatic N) is 1. The number of hydrogen-bond acceptors (Lipinski definition) is 6. The maximum Gasteiger partial charge on any atom is 0.240 e. The van der Waals surface area contributed by atoms with E-state index >= 15 is 0 Å². The summed E-state index contributed by atoms with van der Waals surface area (Å²) < 4.78 is 38.3. The molecule has 0 aliphatic rings. The van der Waals surface area contributed by atoms with Crippen molar-refractivity contribution in [2.45, 2.75) is 25.3 Å². The molecule has 3 rings (SSSR count). The van der Waals surface area contributed by atoms with E-state index in [4.69, 9.17) is 9.26 Å². The summed E-state index contributed by atoms with van der Waals surface area (Å²) >= 11 is 0. The number of ether oxygens (including phenoxy) is 1. The summed E-state index contributed by atoms with van der Waals surface area (Å²) in [6, 6.07) is 13.6. The van der Waals surface area contributed by atoms with Gasteiger partial charge in [0.2, 0.25) is 15.9 Å². The van der Waals surface area contributed by atoms with Crippen LogP contribution in [0.15, 0.2) is 57.9 Å². The first-order chi connectivity index (χ1) is 14.8. The molecule has 0 bridgehead atoms. The standard InChI is InChI=1S/C22H23N3O5S/c1-15-22(24-16(2)26)21(30-25-15)13-10-17-8-11-19(12-9-17)31(27,28)23-14-18-6-4-5-7-20(18)29-3/h4-13,23H,14H2,1-3H3,(H,24,26). The van der Waals surface area contributed by atoms with Crippen molar-refractivity contribution >= 4 is 33.8 Å². The van der Waals surface area contributed by atoms with Crippen LogP contribution < -0.4 is 14.8 Å². The van der Waals surface area contributed by atoms with Gasteiger partial charge in [-0.15, -0.1) is 0 Å². The Kier molecular flexibility index (Phi) is 6.88. The zero-order valence-corrected chi connectivity index (χ0v) is 18.2. The zero-order valence-electron chi connectivity index (χ0n) is 17.4. The predicted molar refractivity (Wildman–Crippen MR) is 118 cm³/mol. The molecule has 2 aromatic carbocycles. The minimum atomic E-state index is -3.69. The molecule has 1 aromatic heterocycles. The van der Waals surface area contributed by atoms with Crippen molar-refractivity contribution in [3.63, 3.8) is 0 Å². The zero-order chi connectivity index (χ0) is 22.4. The molecule has 0 spiro atoms. The number of aromatic nitrogens is 1. The fourth-order valence-electron chi connectivity index (χ4n) is 2.86. The molecule has 0 fully saturated rings. The van der Waals surface area contributed by atoms with Crippen LogP contribution in [0.5, 0.6) is 5.75 Å². The van der Waals surface area contributed by atoms with E-state index in [2.05, 4.69) is 15.2 Å². The maximum absolute atomic E-state index is 12.6. The molecule has 0 radical (unpaired) electrons. The number of nitrogens with one attached hydrogen (secondary N) is 2. The molecule has 31 heavy (non-hydrogen) atoms. The van der Waals surface area contributed by atoms with Crippen LogP contribution in [-0.2, 0) is 21.4 Å². The van der Waals surface area contributed by atoms with Crippen LogP contribution in [-0.4, -0.2) is 26.6 Å². The maximum atomic E-state index is 12.6. The highest BCUT2D eigenvalue weighted by Gasteiger charge is 2.15. The lowest BCUT2D eigenvalue weighted by Crippen LogP contribution is -2.23. The summed E-state index contributed by atoms with van der Waals surface area (Å²) in [5.74, 6) is 0.797. The topological polar surface area (TPSA) is 111 Å². The van der Waals surface area contributed by atoms with Crippen molar-refractivity contribution in [2.75, 3.05) is 12.4 Å². The number of carbonyl (C=O) groups excluding carboxylic acids is 1. The van der Waals surface area contributed by atoms with Gasteiger partial charge in [-0.1, -0.05) is 41.6 Å². The number of amides is 1. The summed E-state index contributed by atoms with van der Waals surface area (Å²) in [7, 11) is -2.15. The molecular formula is C22H23N3O5S. The van der Waals surface area contributed by atoms with Gasteiger partial charge in [-0.2, -0.15) is 0 Å². The molecule has 0 atom stereocenters. The van der Waals surface area contributed by atoms with Crippen LogP contribution >= 0.6 is 0 Å². The molecule has 0 saturated carbocycles. The normalized spacial score (nSPS) is 11.6. The smallest absolute Gasteiger partial charge is 0.240 e. The third kappa shape index (κ3) is 5.59. The number of benzene rings is 2. The van der Waals surface area contributed by atoms with Crippen molar-refractivity contribution in [2.24, 2.45) is 0 Å². The Hall–Kier alpha value is -3.43. The fraction of sp³-hybridized carbons (Fsp3) is 0.182. The number of carbonyl (C=O) groups is 1. The number of rotatable bonds is 8. The third-order valence-electron chi connectivity index (χ3n) is 4.45. The van der Waals surface area contributed by atoms with Gasteiger partial charge in [-0.25, -0.2) is 13.1 Å². The average Bonchev–Trinajstić information content (AvgIpc) is 3.10. The van der Waals surface area contributed by atoms with Gasteiger partial charge in [0.25, 0.3) is 0 Å². The summed E-state index contributed by atoms with van der Waals surface area (Å²) in [6.45, 7) is 3.25. The Morgan fingerprint density at radius 2 is 1.84 bits per heavy atom. The van der Waals surface area contributed by atoms with E-state index in [0.29, 0.717) is 22.9 Å². The van der Waals surface area contributed by atoms with E-state index in [1.54, 1.807) is 50.5 Å². The molecule has 9 heteroatoms. The van der Waals surface area contributed by atoms with Crippen LogP contribution in [0.2, 0.25) is 0 Å². The van der Waals surface area contributed by atoms with Gasteiger partial charge in [0.05, 0.1) is 12.0 Å². The molecule has 1 heterocycles. The van der Waals surface area contributed by atoms with E-state index in [1.807, 2.05) is 12.1 Å². The van der Waals surface area contributed by atoms with Gasteiger partial charge in [-0.3, -0.25) is 4.79 Å². The number of methoxy groups -OCH3 is 1. The predicted octanol–water partition coefficient (Wildman–Crippen LogP) is 3.60. The number of para-hydroxylation sites is 1.